The van der Waals surface area contributed by atoms with Gasteiger partial charge in [0.15, 0.2) is 0 Å². The van der Waals surface area contributed by atoms with Crippen molar-refractivity contribution in [2.45, 2.75) is 44.2 Å². The zero-order valence-corrected chi connectivity index (χ0v) is 18.2. The highest BCUT2D eigenvalue weighted by molar-refractivity contribution is 6.00. The second-order valence-electron chi connectivity index (χ2n) is 8.37. The molecule has 0 saturated carbocycles. The van der Waals surface area contributed by atoms with E-state index in [4.69, 9.17) is 4.74 Å². The van der Waals surface area contributed by atoms with Crippen LogP contribution in [-0.4, -0.2) is 60.3 Å². The van der Waals surface area contributed by atoms with E-state index in [1.807, 2.05) is 25.2 Å². The third kappa shape index (κ3) is 4.38. The van der Waals surface area contributed by atoms with E-state index >= 15 is 0 Å². The number of imide groups is 1. The molecule has 0 aliphatic carbocycles. The average Bonchev–Trinajstić information content (AvgIpc) is 3.02. The lowest BCUT2D eigenvalue weighted by Gasteiger charge is -2.33. The first-order valence-electron chi connectivity index (χ1n) is 11.1. The van der Waals surface area contributed by atoms with Crippen LogP contribution in [0.4, 0.5) is 5.69 Å². The molecule has 1 atom stereocenters. The number of rotatable bonds is 7. The van der Waals surface area contributed by atoms with Crippen LogP contribution in [0.1, 0.15) is 38.1 Å². The Balaban J connectivity index is 1.49. The Bertz CT molecular complexity index is 1020. The Morgan fingerprint density at radius 3 is 2.61 bits per heavy atom. The number of fused-ring (bicyclic) bond motifs is 1. The number of nitrogens with one attached hydrogen (secondary N) is 2. The standard InChI is InChI=1S/C22H31N5O4/c1-23-10-3-13-31-16-8-11-26(12-9-16)15-4-5-17-19(14-15)25(2)22(30)27(17)18-6-7-20(28)24-21(18)29/h4-5,14,16,18,23H,3,6-13H2,1-2H3,(H,24,28,29). The molecule has 2 aliphatic heterocycles. The Morgan fingerprint density at radius 1 is 1.13 bits per heavy atom. The largest absolute Gasteiger partial charge is 0.378 e. The number of aromatic nitrogens is 2. The third-order valence-electron chi connectivity index (χ3n) is 6.33. The first kappa shape index (κ1) is 21.6. The second kappa shape index (κ2) is 9.23. The van der Waals surface area contributed by atoms with E-state index in [1.54, 1.807) is 11.6 Å². The van der Waals surface area contributed by atoms with Crippen molar-refractivity contribution in [2.75, 3.05) is 38.2 Å². The quantitative estimate of drug-likeness (QED) is 0.502. The molecule has 2 fully saturated rings. The Kier molecular flexibility index (Phi) is 6.43. The predicted molar refractivity (Wildman–Crippen MR) is 118 cm³/mol. The predicted octanol–water partition coefficient (Wildman–Crippen LogP) is 0.913. The molecule has 2 aliphatic rings. The highest BCUT2D eigenvalue weighted by Gasteiger charge is 2.31. The molecule has 1 aromatic carbocycles. The molecule has 2 N–H and O–H groups in total. The van der Waals surface area contributed by atoms with Gasteiger partial charge in [0.1, 0.15) is 6.04 Å². The highest BCUT2D eigenvalue weighted by Crippen LogP contribution is 2.28. The number of carbonyl (C=O) groups excluding carboxylic acids is 2. The molecule has 2 aromatic rings. The number of ether oxygens (including phenoxy) is 1. The van der Waals surface area contributed by atoms with Crippen LogP contribution < -0.4 is 21.2 Å². The fourth-order valence-corrected chi connectivity index (χ4v) is 4.56. The summed E-state index contributed by atoms with van der Waals surface area (Å²) in [7, 11) is 3.67. The third-order valence-corrected chi connectivity index (χ3v) is 6.33. The maximum atomic E-state index is 12.9. The average molecular weight is 430 g/mol. The van der Waals surface area contributed by atoms with Crippen LogP contribution in [0.5, 0.6) is 0 Å². The summed E-state index contributed by atoms with van der Waals surface area (Å²) in [6.07, 6.45) is 3.86. The van der Waals surface area contributed by atoms with Crippen molar-refractivity contribution in [2.24, 2.45) is 7.05 Å². The summed E-state index contributed by atoms with van der Waals surface area (Å²) >= 11 is 0. The number of piperidine rings is 2. The van der Waals surface area contributed by atoms with Crippen LogP contribution in [0.25, 0.3) is 11.0 Å². The summed E-state index contributed by atoms with van der Waals surface area (Å²) in [5, 5.41) is 5.48. The van der Waals surface area contributed by atoms with E-state index in [0.717, 1.165) is 56.7 Å². The first-order chi connectivity index (χ1) is 15.0. The first-order valence-corrected chi connectivity index (χ1v) is 11.1. The number of amides is 2. The molecule has 0 spiro atoms. The van der Waals surface area contributed by atoms with Gasteiger partial charge in [0.25, 0.3) is 0 Å². The normalized spacial score (nSPS) is 20.5. The number of benzene rings is 1. The van der Waals surface area contributed by atoms with Gasteiger partial charge >= 0.3 is 5.69 Å². The summed E-state index contributed by atoms with van der Waals surface area (Å²) in [5.74, 6) is -0.696. The van der Waals surface area contributed by atoms with Gasteiger partial charge in [-0.2, -0.15) is 0 Å². The summed E-state index contributed by atoms with van der Waals surface area (Å²) in [6, 6.07) is 5.29. The number of imidazole rings is 1. The van der Waals surface area contributed by atoms with Gasteiger partial charge in [0.05, 0.1) is 17.1 Å². The number of carbonyl (C=O) groups is 2. The molecule has 31 heavy (non-hydrogen) atoms. The molecule has 0 bridgehead atoms. The van der Waals surface area contributed by atoms with Gasteiger partial charge in [-0.25, -0.2) is 4.79 Å². The van der Waals surface area contributed by atoms with E-state index in [1.165, 1.54) is 4.57 Å². The lowest BCUT2D eigenvalue weighted by atomic mass is 10.1. The van der Waals surface area contributed by atoms with Crippen LogP contribution in [-0.2, 0) is 21.4 Å². The molecule has 2 saturated heterocycles. The van der Waals surface area contributed by atoms with E-state index in [-0.39, 0.29) is 18.0 Å². The molecule has 9 heteroatoms. The lowest BCUT2D eigenvalue weighted by Crippen LogP contribution is -2.44. The topological polar surface area (TPSA) is 97.6 Å². The fraction of sp³-hybridized carbons (Fsp3) is 0.591. The number of anilines is 1. The second-order valence-corrected chi connectivity index (χ2v) is 8.37. The van der Waals surface area contributed by atoms with Gasteiger partial charge < -0.3 is 15.0 Å². The van der Waals surface area contributed by atoms with Gasteiger partial charge in [-0.3, -0.25) is 24.0 Å². The van der Waals surface area contributed by atoms with E-state index in [9.17, 15) is 14.4 Å². The number of nitrogens with zero attached hydrogens (tertiary/aromatic N) is 3. The zero-order valence-electron chi connectivity index (χ0n) is 18.2. The van der Waals surface area contributed by atoms with Gasteiger partial charge in [-0.1, -0.05) is 0 Å². The molecule has 0 radical (unpaired) electrons. The monoisotopic (exact) mass is 429 g/mol. The molecule has 9 nitrogen and oxygen atoms in total. The zero-order chi connectivity index (χ0) is 22.0. The summed E-state index contributed by atoms with van der Waals surface area (Å²) < 4.78 is 9.09. The molecule has 1 aromatic heterocycles. The van der Waals surface area contributed by atoms with Gasteiger partial charge in [-0.15, -0.1) is 0 Å². The summed E-state index contributed by atoms with van der Waals surface area (Å²) in [5.41, 5.74) is 2.33. The Morgan fingerprint density at radius 2 is 1.90 bits per heavy atom. The van der Waals surface area contributed by atoms with Gasteiger partial charge in [0.2, 0.25) is 11.8 Å². The van der Waals surface area contributed by atoms with Crippen molar-refractivity contribution < 1.29 is 14.3 Å². The summed E-state index contributed by atoms with van der Waals surface area (Å²) in [4.78, 5) is 39.1. The van der Waals surface area contributed by atoms with Crippen LogP contribution in [0.3, 0.4) is 0 Å². The number of hydrogen-bond donors (Lipinski definition) is 2. The maximum absolute atomic E-state index is 12.9. The van der Waals surface area contributed by atoms with Crippen molar-refractivity contribution in [3.63, 3.8) is 0 Å². The minimum atomic E-state index is -0.657. The van der Waals surface area contributed by atoms with Crippen molar-refractivity contribution >= 4 is 28.5 Å². The smallest absolute Gasteiger partial charge is 0.329 e. The SMILES string of the molecule is CNCCCOC1CCN(c2ccc3c(c2)n(C)c(=O)n3C2CCC(=O)NC2=O)CC1. The number of hydrogen-bond acceptors (Lipinski definition) is 6. The van der Waals surface area contributed by atoms with Crippen LogP contribution in [0.2, 0.25) is 0 Å². The molecule has 1 unspecified atom stereocenters. The van der Waals surface area contributed by atoms with Crippen molar-refractivity contribution in [1.29, 1.82) is 0 Å². The minimum Gasteiger partial charge on any atom is -0.378 e. The Labute approximate surface area is 181 Å². The van der Waals surface area contributed by atoms with Gasteiger partial charge in [-0.05, 0) is 57.5 Å². The van der Waals surface area contributed by atoms with Crippen LogP contribution in [0.15, 0.2) is 23.0 Å². The van der Waals surface area contributed by atoms with Crippen molar-refractivity contribution in [3.8, 4) is 0 Å². The van der Waals surface area contributed by atoms with Gasteiger partial charge in [0, 0.05) is 38.9 Å². The maximum Gasteiger partial charge on any atom is 0.329 e. The molecule has 2 amide bonds. The molecule has 4 rings (SSSR count). The van der Waals surface area contributed by atoms with Crippen LogP contribution in [0, 0.1) is 0 Å². The summed E-state index contributed by atoms with van der Waals surface area (Å²) in [6.45, 7) is 3.57. The van der Waals surface area contributed by atoms with Crippen molar-refractivity contribution in [3.05, 3.63) is 28.7 Å². The fourth-order valence-electron chi connectivity index (χ4n) is 4.56. The van der Waals surface area contributed by atoms with Crippen LogP contribution >= 0.6 is 0 Å². The highest BCUT2D eigenvalue weighted by atomic mass is 16.5. The van der Waals surface area contributed by atoms with E-state index < -0.39 is 11.9 Å². The van der Waals surface area contributed by atoms with E-state index in [0.29, 0.717) is 18.0 Å². The minimum absolute atomic E-state index is 0.239. The molecule has 168 valence electrons. The van der Waals surface area contributed by atoms with E-state index in [2.05, 4.69) is 15.5 Å². The number of aryl methyl sites for hydroxylation is 1. The van der Waals surface area contributed by atoms with Crippen molar-refractivity contribution in [1.82, 2.24) is 19.8 Å². The lowest BCUT2D eigenvalue weighted by molar-refractivity contribution is -0.135. The molecule has 3 heterocycles. The molecular formula is C22H31N5O4. The molecular weight excluding hydrogens is 398 g/mol. The Hall–Kier alpha value is -2.65.